The number of hydrogen-bond acceptors (Lipinski definition) is 3. The quantitative estimate of drug-likeness (QED) is 0.406. The molecule has 0 amide bonds. The molecule has 0 spiro atoms. The molecular formula is C25H24F3N3. The van der Waals surface area contributed by atoms with Gasteiger partial charge in [0.25, 0.3) is 0 Å². The molecule has 0 aliphatic rings. The van der Waals surface area contributed by atoms with Crippen molar-refractivity contribution in [2.75, 3.05) is 0 Å². The molecule has 0 aliphatic heterocycles. The topological polar surface area (TPSA) is 37.6 Å². The first-order chi connectivity index (χ1) is 14.6. The smallest absolute Gasteiger partial charge is 0.251 e. The minimum absolute atomic E-state index is 0.129. The van der Waals surface area contributed by atoms with Crippen molar-refractivity contribution in [2.45, 2.75) is 40.8 Å². The predicted molar refractivity (Wildman–Crippen MR) is 120 cm³/mol. The molecule has 1 aromatic heterocycles. The molecule has 0 unspecified atom stereocenters. The fourth-order valence-corrected chi connectivity index (χ4v) is 3.46. The number of para-hydroxylation sites is 1. The fourth-order valence-electron chi connectivity index (χ4n) is 3.46. The highest BCUT2D eigenvalue weighted by molar-refractivity contribution is 6.02. The van der Waals surface area contributed by atoms with Crippen LogP contribution in [0.15, 0.2) is 64.6 Å². The molecule has 160 valence electrons. The first kappa shape index (κ1) is 22.4. The average molecular weight is 423 g/mol. The lowest BCUT2D eigenvalue weighted by Crippen LogP contribution is -2.07. The Morgan fingerprint density at radius 3 is 1.90 bits per heavy atom. The summed E-state index contributed by atoms with van der Waals surface area (Å²) in [7, 11) is 0. The van der Waals surface area contributed by atoms with Gasteiger partial charge in [-0.05, 0) is 70.0 Å². The second kappa shape index (κ2) is 8.84. The molecule has 1 heterocycles. The van der Waals surface area contributed by atoms with Gasteiger partial charge < -0.3 is 0 Å². The summed E-state index contributed by atoms with van der Waals surface area (Å²) in [5, 5.41) is 0. The molecule has 0 N–H and O–H groups in total. The zero-order chi connectivity index (χ0) is 22.8. The van der Waals surface area contributed by atoms with E-state index in [4.69, 9.17) is 4.99 Å². The number of aromatic nitrogens is 1. The van der Waals surface area contributed by atoms with Crippen molar-refractivity contribution in [1.82, 2.24) is 4.98 Å². The normalized spacial score (nSPS) is 12.9. The van der Waals surface area contributed by atoms with Crippen LogP contribution in [0.25, 0.3) is 0 Å². The third kappa shape index (κ3) is 5.26. The Labute approximate surface area is 180 Å². The molecule has 0 bridgehead atoms. The summed E-state index contributed by atoms with van der Waals surface area (Å²) < 4.78 is 39.8. The largest absolute Gasteiger partial charge is 0.418 e. The highest BCUT2D eigenvalue weighted by atomic mass is 19.4. The zero-order valence-corrected chi connectivity index (χ0v) is 18.2. The van der Waals surface area contributed by atoms with E-state index in [1.54, 1.807) is 19.1 Å². The fraction of sp³-hybridized carbons (Fsp3) is 0.240. The van der Waals surface area contributed by atoms with Gasteiger partial charge in [-0.25, -0.2) is 4.98 Å². The molecule has 0 aliphatic carbocycles. The van der Waals surface area contributed by atoms with Crippen LogP contribution in [0, 0.1) is 20.8 Å². The summed E-state index contributed by atoms with van der Waals surface area (Å²) in [4.78, 5) is 13.6. The van der Waals surface area contributed by atoms with E-state index in [1.165, 1.54) is 23.8 Å². The summed E-state index contributed by atoms with van der Waals surface area (Å²) in [5.41, 5.74) is 5.61. The van der Waals surface area contributed by atoms with Gasteiger partial charge in [-0.1, -0.05) is 35.9 Å². The molecule has 0 atom stereocenters. The minimum Gasteiger partial charge on any atom is -0.251 e. The maximum Gasteiger partial charge on any atom is 0.418 e. The number of nitrogens with zero attached hydrogens (tertiary/aromatic N) is 3. The Morgan fingerprint density at radius 2 is 1.32 bits per heavy atom. The van der Waals surface area contributed by atoms with Crippen LogP contribution < -0.4 is 0 Å². The van der Waals surface area contributed by atoms with Crippen LogP contribution in [0.1, 0.15) is 47.5 Å². The minimum atomic E-state index is -4.47. The van der Waals surface area contributed by atoms with Gasteiger partial charge >= 0.3 is 6.18 Å². The highest BCUT2D eigenvalue weighted by Gasteiger charge is 2.33. The number of halogens is 3. The van der Waals surface area contributed by atoms with Crippen molar-refractivity contribution >= 4 is 22.8 Å². The van der Waals surface area contributed by atoms with Gasteiger partial charge in [0, 0.05) is 0 Å². The first-order valence-corrected chi connectivity index (χ1v) is 9.88. The third-order valence-electron chi connectivity index (χ3n) is 4.90. The number of rotatable bonds is 4. The van der Waals surface area contributed by atoms with Gasteiger partial charge in [0.05, 0.1) is 39.7 Å². The SMILES string of the molecule is C/C(=N\c1ccccc1C(F)(F)F)c1cccc(/C(C)=N/c2c(C)cc(C)cc2C)n1. The molecule has 3 rings (SSSR count). The van der Waals surface area contributed by atoms with Crippen molar-refractivity contribution in [3.05, 3.63) is 88.2 Å². The molecule has 3 nitrogen and oxygen atoms in total. The van der Waals surface area contributed by atoms with Crippen LogP contribution >= 0.6 is 0 Å². The van der Waals surface area contributed by atoms with Crippen LogP contribution in [-0.2, 0) is 6.18 Å². The number of pyridine rings is 1. The van der Waals surface area contributed by atoms with E-state index in [-0.39, 0.29) is 5.69 Å². The number of aryl methyl sites for hydroxylation is 3. The van der Waals surface area contributed by atoms with Gasteiger partial charge in [-0.2, -0.15) is 13.2 Å². The molecule has 0 fully saturated rings. The van der Waals surface area contributed by atoms with Crippen molar-refractivity contribution in [3.8, 4) is 0 Å². The van der Waals surface area contributed by atoms with Gasteiger partial charge in [0.15, 0.2) is 0 Å². The van der Waals surface area contributed by atoms with E-state index in [2.05, 4.69) is 22.1 Å². The van der Waals surface area contributed by atoms with Crippen molar-refractivity contribution in [3.63, 3.8) is 0 Å². The number of hydrogen-bond donors (Lipinski definition) is 0. The Hall–Kier alpha value is -3.28. The monoisotopic (exact) mass is 423 g/mol. The van der Waals surface area contributed by atoms with Crippen LogP contribution in [0.3, 0.4) is 0 Å². The summed E-state index contributed by atoms with van der Waals surface area (Å²) in [6.07, 6.45) is -4.47. The highest BCUT2D eigenvalue weighted by Crippen LogP contribution is 2.36. The van der Waals surface area contributed by atoms with Crippen LogP contribution in [0.2, 0.25) is 0 Å². The van der Waals surface area contributed by atoms with Gasteiger partial charge in [0.1, 0.15) is 0 Å². The molecule has 31 heavy (non-hydrogen) atoms. The molecule has 6 heteroatoms. The van der Waals surface area contributed by atoms with E-state index in [0.29, 0.717) is 17.1 Å². The summed E-state index contributed by atoms with van der Waals surface area (Å²) in [5.74, 6) is 0. The lowest BCUT2D eigenvalue weighted by molar-refractivity contribution is -0.137. The molecule has 0 radical (unpaired) electrons. The number of benzene rings is 2. The Morgan fingerprint density at radius 1 is 0.774 bits per heavy atom. The van der Waals surface area contributed by atoms with E-state index < -0.39 is 11.7 Å². The number of alkyl halides is 3. The van der Waals surface area contributed by atoms with E-state index in [0.717, 1.165) is 28.6 Å². The van der Waals surface area contributed by atoms with Crippen LogP contribution in [0.4, 0.5) is 24.5 Å². The maximum atomic E-state index is 13.3. The average Bonchev–Trinajstić information content (AvgIpc) is 2.70. The molecular weight excluding hydrogens is 399 g/mol. The van der Waals surface area contributed by atoms with Gasteiger partial charge in [-0.15, -0.1) is 0 Å². The lowest BCUT2D eigenvalue weighted by atomic mass is 10.1. The summed E-state index contributed by atoms with van der Waals surface area (Å²) >= 11 is 0. The molecule has 2 aromatic carbocycles. The Balaban J connectivity index is 1.98. The summed E-state index contributed by atoms with van der Waals surface area (Å²) in [6, 6.07) is 14.8. The van der Waals surface area contributed by atoms with Gasteiger partial charge in [-0.3, -0.25) is 9.98 Å². The van der Waals surface area contributed by atoms with Crippen LogP contribution in [0.5, 0.6) is 0 Å². The van der Waals surface area contributed by atoms with Crippen molar-refractivity contribution in [2.24, 2.45) is 9.98 Å². The predicted octanol–water partition coefficient (Wildman–Crippen LogP) is 7.31. The molecule has 0 saturated carbocycles. The van der Waals surface area contributed by atoms with E-state index >= 15 is 0 Å². The number of aliphatic imine (C=N–C) groups is 2. The Bertz CT molecular complexity index is 1150. The Kier molecular flexibility index (Phi) is 6.39. The summed E-state index contributed by atoms with van der Waals surface area (Å²) in [6.45, 7) is 9.61. The molecule has 0 saturated heterocycles. The zero-order valence-electron chi connectivity index (χ0n) is 18.2. The molecule has 3 aromatic rings. The van der Waals surface area contributed by atoms with Crippen molar-refractivity contribution in [1.29, 1.82) is 0 Å². The second-order valence-corrected chi connectivity index (χ2v) is 7.56. The lowest BCUT2D eigenvalue weighted by Gasteiger charge is -2.11. The van der Waals surface area contributed by atoms with E-state index in [1.807, 2.05) is 33.8 Å². The second-order valence-electron chi connectivity index (χ2n) is 7.56. The maximum absolute atomic E-state index is 13.3. The van der Waals surface area contributed by atoms with Crippen molar-refractivity contribution < 1.29 is 13.2 Å². The third-order valence-corrected chi connectivity index (χ3v) is 4.90. The van der Waals surface area contributed by atoms with E-state index in [9.17, 15) is 13.2 Å². The standard InChI is InChI=1S/C25H24F3N3/c1-15-13-16(2)24(17(3)14-15)30-19(5)22-12-8-11-21(31-22)18(4)29-23-10-7-6-9-20(23)25(26,27)28/h6-14H,1-5H3/b29-18+,30-19+. The van der Waals surface area contributed by atoms with Gasteiger partial charge in [0.2, 0.25) is 0 Å². The first-order valence-electron chi connectivity index (χ1n) is 9.88. The van der Waals surface area contributed by atoms with Crippen LogP contribution in [-0.4, -0.2) is 16.4 Å².